The summed E-state index contributed by atoms with van der Waals surface area (Å²) in [5.74, 6) is -0.798. The van der Waals surface area contributed by atoms with E-state index in [0.29, 0.717) is 0 Å². The first kappa shape index (κ1) is 7.96. The highest BCUT2D eigenvalue weighted by Gasteiger charge is 2.30. The Labute approximate surface area is 63.2 Å². The molecule has 1 saturated heterocycles. The maximum atomic E-state index is 10.9. The molecule has 62 valence electrons. The molecule has 1 heterocycles. The molecule has 11 heavy (non-hydrogen) atoms. The molecular formula is C5H9N3O3. The molecule has 6 heteroatoms. The van der Waals surface area contributed by atoms with Gasteiger partial charge in [-0.25, -0.2) is 10.3 Å². The molecule has 0 aliphatic carbocycles. The van der Waals surface area contributed by atoms with Gasteiger partial charge in [0.15, 0.2) is 0 Å². The SMILES string of the molecule is CC(=O)NN1OCC(N)C1=O. The van der Waals surface area contributed by atoms with Crippen LogP contribution in [0.4, 0.5) is 0 Å². The summed E-state index contributed by atoms with van der Waals surface area (Å²) in [5, 5.41) is 0.757. The summed E-state index contributed by atoms with van der Waals surface area (Å²) in [6.45, 7) is 1.39. The Kier molecular flexibility index (Phi) is 2.06. The third-order valence-corrected chi connectivity index (χ3v) is 1.16. The van der Waals surface area contributed by atoms with E-state index in [1.165, 1.54) is 6.92 Å². The van der Waals surface area contributed by atoms with E-state index in [2.05, 4.69) is 5.43 Å². The number of hydrogen-bond acceptors (Lipinski definition) is 4. The van der Waals surface area contributed by atoms with Gasteiger partial charge in [-0.1, -0.05) is 0 Å². The van der Waals surface area contributed by atoms with E-state index in [4.69, 9.17) is 10.6 Å². The van der Waals surface area contributed by atoms with E-state index in [1.807, 2.05) is 0 Å². The second kappa shape index (κ2) is 2.85. The molecule has 1 aliphatic heterocycles. The van der Waals surface area contributed by atoms with Gasteiger partial charge in [-0.15, -0.1) is 5.17 Å². The molecule has 1 aliphatic rings. The lowest BCUT2D eigenvalue weighted by molar-refractivity contribution is -0.182. The Balaban J connectivity index is 2.49. The summed E-state index contributed by atoms with van der Waals surface area (Å²) in [5.41, 5.74) is 7.44. The van der Waals surface area contributed by atoms with Gasteiger partial charge in [0.1, 0.15) is 12.6 Å². The molecule has 6 nitrogen and oxygen atoms in total. The van der Waals surface area contributed by atoms with Crippen molar-refractivity contribution in [3.8, 4) is 0 Å². The van der Waals surface area contributed by atoms with Crippen molar-refractivity contribution in [1.29, 1.82) is 0 Å². The number of hydroxylamine groups is 1. The quantitative estimate of drug-likeness (QED) is 0.470. The largest absolute Gasteiger partial charge is 0.318 e. The first-order valence-corrected chi connectivity index (χ1v) is 3.11. The van der Waals surface area contributed by atoms with Gasteiger partial charge in [-0.2, -0.15) is 0 Å². The number of hydrogen-bond donors (Lipinski definition) is 2. The van der Waals surface area contributed by atoms with Crippen LogP contribution in [0.3, 0.4) is 0 Å². The minimum atomic E-state index is -0.665. The summed E-state index contributed by atoms with van der Waals surface area (Å²) in [4.78, 5) is 26.0. The molecule has 1 atom stereocenters. The summed E-state index contributed by atoms with van der Waals surface area (Å²) >= 11 is 0. The normalized spacial score (nSPS) is 24.0. The van der Waals surface area contributed by atoms with Crippen LogP contribution in [-0.2, 0) is 14.4 Å². The van der Waals surface area contributed by atoms with Crippen molar-refractivity contribution in [2.75, 3.05) is 6.61 Å². The number of nitrogens with one attached hydrogen (secondary N) is 1. The van der Waals surface area contributed by atoms with E-state index in [0.717, 1.165) is 5.17 Å². The van der Waals surface area contributed by atoms with Crippen molar-refractivity contribution in [3.05, 3.63) is 0 Å². The van der Waals surface area contributed by atoms with Gasteiger partial charge in [-0.3, -0.25) is 9.59 Å². The zero-order valence-electron chi connectivity index (χ0n) is 6.03. The van der Waals surface area contributed by atoms with E-state index in [1.54, 1.807) is 0 Å². The van der Waals surface area contributed by atoms with Gasteiger partial charge in [0, 0.05) is 6.92 Å². The molecule has 1 fully saturated rings. The predicted molar refractivity (Wildman–Crippen MR) is 34.6 cm³/mol. The highest BCUT2D eigenvalue weighted by molar-refractivity contribution is 5.84. The first-order valence-electron chi connectivity index (χ1n) is 3.11. The maximum absolute atomic E-state index is 10.9. The summed E-state index contributed by atoms with van der Waals surface area (Å²) in [6.07, 6.45) is 0. The Hall–Kier alpha value is -1.14. The lowest BCUT2D eigenvalue weighted by atomic mass is 10.3. The fraction of sp³-hybridized carbons (Fsp3) is 0.600. The van der Waals surface area contributed by atoms with Gasteiger partial charge in [0.2, 0.25) is 5.91 Å². The molecule has 0 spiro atoms. The Morgan fingerprint density at radius 1 is 1.91 bits per heavy atom. The standard InChI is InChI=1S/C5H9N3O3/c1-3(9)7-8-5(10)4(6)2-11-8/h4H,2,6H2,1H3,(H,7,9). The van der Waals surface area contributed by atoms with Crippen LogP contribution in [0.2, 0.25) is 0 Å². The first-order chi connectivity index (χ1) is 5.11. The Bertz CT molecular complexity index is 193. The lowest BCUT2D eigenvalue weighted by Gasteiger charge is -2.12. The number of carbonyl (C=O) groups is 2. The minimum absolute atomic E-state index is 0.110. The van der Waals surface area contributed by atoms with Crippen LogP contribution in [0.15, 0.2) is 0 Å². The number of hydrazine groups is 1. The van der Waals surface area contributed by atoms with Crippen molar-refractivity contribution in [3.63, 3.8) is 0 Å². The fourth-order valence-electron chi connectivity index (χ4n) is 0.671. The smallest absolute Gasteiger partial charge is 0.285 e. The van der Waals surface area contributed by atoms with Crippen molar-refractivity contribution in [2.24, 2.45) is 5.73 Å². The number of rotatable bonds is 1. The second-order valence-corrected chi connectivity index (χ2v) is 2.20. The van der Waals surface area contributed by atoms with Crippen LogP contribution in [0.5, 0.6) is 0 Å². The van der Waals surface area contributed by atoms with Gasteiger partial charge in [0.05, 0.1) is 0 Å². The number of nitrogens with zero attached hydrogens (tertiary/aromatic N) is 1. The van der Waals surface area contributed by atoms with Crippen LogP contribution < -0.4 is 11.2 Å². The van der Waals surface area contributed by atoms with Gasteiger partial charge < -0.3 is 5.73 Å². The zero-order valence-corrected chi connectivity index (χ0v) is 6.03. The zero-order chi connectivity index (χ0) is 8.43. The van der Waals surface area contributed by atoms with Crippen molar-refractivity contribution < 1.29 is 14.4 Å². The van der Waals surface area contributed by atoms with Crippen molar-refractivity contribution >= 4 is 11.8 Å². The molecule has 0 aromatic carbocycles. The van der Waals surface area contributed by atoms with Crippen LogP contribution in [0.25, 0.3) is 0 Å². The molecule has 2 amide bonds. The summed E-state index contributed by atoms with van der Waals surface area (Å²) in [7, 11) is 0. The van der Waals surface area contributed by atoms with Crippen molar-refractivity contribution in [2.45, 2.75) is 13.0 Å². The number of carbonyl (C=O) groups excluding carboxylic acids is 2. The molecule has 1 rings (SSSR count). The third-order valence-electron chi connectivity index (χ3n) is 1.16. The number of nitrogens with two attached hydrogens (primary N) is 1. The van der Waals surface area contributed by atoms with Gasteiger partial charge in [0.25, 0.3) is 5.91 Å². The maximum Gasteiger partial charge on any atom is 0.285 e. The molecular weight excluding hydrogens is 150 g/mol. The second-order valence-electron chi connectivity index (χ2n) is 2.20. The monoisotopic (exact) mass is 159 g/mol. The topological polar surface area (TPSA) is 84.7 Å². The molecule has 0 radical (unpaired) electrons. The lowest BCUT2D eigenvalue weighted by Crippen LogP contribution is -2.44. The highest BCUT2D eigenvalue weighted by Crippen LogP contribution is 2.01. The van der Waals surface area contributed by atoms with Crippen LogP contribution in [0, 0.1) is 0 Å². The van der Waals surface area contributed by atoms with E-state index in [-0.39, 0.29) is 12.5 Å². The molecule has 0 aromatic heterocycles. The average Bonchev–Trinajstić information content (AvgIpc) is 2.18. The highest BCUT2D eigenvalue weighted by atomic mass is 16.7. The molecule has 3 N–H and O–H groups in total. The van der Waals surface area contributed by atoms with Crippen molar-refractivity contribution in [1.82, 2.24) is 10.6 Å². The molecule has 0 aromatic rings. The van der Waals surface area contributed by atoms with E-state index in [9.17, 15) is 9.59 Å². The molecule has 0 bridgehead atoms. The third kappa shape index (κ3) is 1.66. The average molecular weight is 159 g/mol. The van der Waals surface area contributed by atoms with Gasteiger partial charge in [-0.05, 0) is 0 Å². The van der Waals surface area contributed by atoms with Crippen LogP contribution >= 0.6 is 0 Å². The molecule has 1 unspecified atom stereocenters. The Morgan fingerprint density at radius 3 is 2.91 bits per heavy atom. The van der Waals surface area contributed by atoms with Crippen LogP contribution in [0.1, 0.15) is 6.92 Å². The summed E-state index contributed by atoms with van der Waals surface area (Å²) < 4.78 is 0. The van der Waals surface area contributed by atoms with E-state index >= 15 is 0 Å². The van der Waals surface area contributed by atoms with Gasteiger partial charge >= 0.3 is 0 Å². The Morgan fingerprint density at radius 2 is 2.55 bits per heavy atom. The predicted octanol–water partition coefficient (Wildman–Crippen LogP) is -1.86. The molecule has 0 saturated carbocycles. The number of amides is 2. The minimum Gasteiger partial charge on any atom is -0.318 e. The van der Waals surface area contributed by atoms with Crippen LogP contribution in [-0.4, -0.2) is 29.6 Å². The summed E-state index contributed by atoms with van der Waals surface area (Å²) in [6, 6.07) is -0.665. The fourth-order valence-corrected chi connectivity index (χ4v) is 0.671. The van der Waals surface area contributed by atoms with E-state index < -0.39 is 11.9 Å².